The van der Waals surface area contributed by atoms with Gasteiger partial charge in [-0.2, -0.15) is 0 Å². The first-order valence-electron chi connectivity index (χ1n) is 8.82. The number of hydrogen-bond acceptors (Lipinski definition) is 4. The number of aromatic nitrogens is 2. The molecule has 1 N–H and O–H groups in total. The first-order valence-corrected chi connectivity index (χ1v) is 8.82. The van der Waals surface area contributed by atoms with Gasteiger partial charge in [-0.3, -0.25) is 10.1 Å². The third-order valence-corrected chi connectivity index (χ3v) is 4.91. The van der Waals surface area contributed by atoms with Crippen LogP contribution in [0.2, 0.25) is 0 Å². The molecule has 5 heteroatoms. The number of nitrogens with zero attached hydrogens (tertiary/aromatic N) is 2. The predicted molar refractivity (Wildman–Crippen MR) is 98.6 cm³/mol. The molecule has 1 aliphatic rings. The lowest BCUT2D eigenvalue weighted by Crippen LogP contribution is -2.33. The Morgan fingerprint density at radius 3 is 2.46 bits per heavy atom. The second kappa shape index (κ2) is 6.57. The molecule has 0 amide bonds. The number of benzene rings is 2. The molecule has 1 saturated heterocycles. The molecule has 1 aliphatic heterocycles. The van der Waals surface area contributed by atoms with E-state index >= 15 is 0 Å². The van der Waals surface area contributed by atoms with Gasteiger partial charge in [0, 0.05) is 22.3 Å². The van der Waals surface area contributed by atoms with Crippen LogP contribution in [-0.2, 0) is 0 Å². The number of ketones is 1. The van der Waals surface area contributed by atoms with Crippen molar-refractivity contribution in [2.75, 3.05) is 0 Å². The monoisotopic (exact) mass is 349 g/mol. The van der Waals surface area contributed by atoms with E-state index in [1.54, 1.807) is 24.3 Å². The first kappa shape index (κ1) is 16.8. The summed E-state index contributed by atoms with van der Waals surface area (Å²) < 4.78 is 14.0. The maximum Gasteiger partial charge on any atom is 0.180 e. The number of hydrogen-bond donors (Lipinski definition) is 1. The molecule has 0 aliphatic carbocycles. The van der Waals surface area contributed by atoms with Crippen LogP contribution in [0.5, 0.6) is 0 Å². The van der Waals surface area contributed by atoms with Crippen LogP contribution in [-0.4, -0.2) is 21.8 Å². The Labute approximate surface area is 151 Å². The summed E-state index contributed by atoms with van der Waals surface area (Å²) in [4.78, 5) is 22.1. The van der Waals surface area contributed by atoms with Gasteiger partial charge in [-0.25, -0.2) is 14.4 Å². The van der Waals surface area contributed by atoms with Crippen molar-refractivity contribution in [1.82, 2.24) is 15.3 Å². The van der Waals surface area contributed by atoms with Crippen molar-refractivity contribution in [3.63, 3.8) is 0 Å². The highest BCUT2D eigenvalue weighted by molar-refractivity contribution is 6.10. The highest BCUT2D eigenvalue weighted by Crippen LogP contribution is 2.29. The lowest BCUT2D eigenvalue weighted by molar-refractivity contribution is 0.0951. The SMILES string of the molecule is Cc1cc(C)nc(C2CCC(C(=O)c3ccc(F)c4ccccc34)N2)n1. The van der Waals surface area contributed by atoms with Crippen LogP contribution in [0.1, 0.15) is 46.5 Å². The molecule has 0 saturated carbocycles. The van der Waals surface area contributed by atoms with E-state index in [0.29, 0.717) is 22.8 Å². The molecular weight excluding hydrogens is 329 g/mol. The zero-order valence-corrected chi connectivity index (χ0v) is 14.8. The van der Waals surface area contributed by atoms with Gasteiger partial charge < -0.3 is 0 Å². The smallest absolute Gasteiger partial charge is 0.180 e. The summed E-state index contributed by atoms with van der Waals surface area (Å²) in [5, 5.41) is 4.51. The topological polar surface area (TPSA) is 54.9 Å². The van der Waals surface area contributed by atoms with Gasteiger partial charge in [0.2, 0.25) is 0 Å². The molecule has 132 valence electrons. The van der Waals surface area contributed by atoms with Crippen LogP contribution >= 0.6 is 0 Å². The van der Waals surface area contributed by atoms with Crippen LogP contribution in [0.3, 0.4) is 0 Å². The number of carbonyl (C=O) groups is 1. The molecule has 26 heavy (non-hydrogen) atoms. The van der Waals surface area contributed by atoms with Crippen LogP contribution in [0.4, 0.5) is 4.39 Å². The first-order chi connectivity index (χ1) is 12.5. The summed E-state index contributed by atoms with van der Waals surface area (Å²) >= 11 is 0. The van der Waals surface area contributed by atoms with E-state index in [1.165, 1.54) is 6.07 Å². The van der Waals surface area contributed by atoms with E-state index in [-0.39, 0.29) is 23.7 Å². The van der Waals surface area contributed by atoms with E-state index in [9.17, 15) is 9.18 Å². The van der Waals surface area contributed by atoms with E-state index in [2.05, 4.69) is 15.3 Å². The van der Waals surface area contributed by atoms with E-state index in [0.717, 1.165) is 23.6 Å². The van der Waals surface area contributed by atoms with Gasteiger partial charge in [-0.05, 0) is 50.3 Å². The van der Waals surface area contributed by atoms with Crippen molar-refractivity contribution in [2.45, 2.75) is 38.8 Å². The van der Waals surface area contributed by atoms with Gasteiger partial charge in [-0.1, -0.05) is 24.3 Å². The van der Waals surface area contributed by atoms with Gasteiger partial charge in [0.05, 0.1) is 12.1 Å². The Hall–Kier alpha value is -2.66. The number of rotatable bonds is 3. The Morgan fingerprint density at radius 2 is 1.73 bits per heavy atom. The highest BCUT2D eigenvalue weighted by atomic mass is 19.1. The van der Waals surface area contributed by atoms with Crippen molar-refractivity contribution < 1.29 is 9.18 Å². The molecule has 2 unspecified atom stereocenters. The third-order valence-electron chi connectivity index (χ3n) is 4.91. The van der Waals surface area contributed by atoms with Crippen LogP contribution in [0, 0.1) is 19.7 Å². The fraction of sp³-hybridized carbons (Fsp3) is 0.286. The molecule has 1 aromatic heterocycles. The molecule has 0 spiro atoms. The van der Waals surface area contributed by atoms with E-state index in [4.69, 9.17) is 0 Å². The number of fused-ring (bicyclic) bond motifs is 1. The summed E-state index contributed by atoms with van der Waals surface area (Å²) in [5.41, 5.74) is 2.41. The average molecular weight is 349 g/mol. The summed E-state index contributed by atoms with van der Waals surface area (Å²) in [5.74, 6) is 0.424. The minimum atomic E-state index is -0.307. The second-order valence-electron chi connectivity index (χ2n) is 6.86. The number of aryl methyl sites for hydroxylation is 2. The maximum absolute atomic E-state index is 14.0. The van der Waals surface area contributed by atoms with Crippen molar-refractivity contribution in [1.29, 1.82) is 0 Å². The zero-order valence-electron chi connectivity index (χ0n) is 14.8. The molecule has 4 rings (SSSR count). The standard InChI is InChI=1S/C21H20FN3O/c1-12-11-13(2)24-21(23-12)19-10-9-18(25-19)20(26)16-7-8-17(22)15-6-4-3-5-14(15)16/h3-8,11,18-19,25H,9-10H2,1-2H3. The third kappa shape index (κ3) is 2.99. The molecule has 2 atom stereocenters. The molecule has 0 radical (unpaired) electrons. The number of halogens is 1. The largest absolute Gasteiger partial charge is 0.297 e. The Bertz CT molecular complexity index is 981. The van der Waals surface area contributed by atoms with Crippen molar-refractivity contribution in [3.8, 4) is 0 Å². The van der Waals surface area contributed by atoms with Gasteiger partial charge in [0.15, 0.2) is 5.78 Å². The molecular formula is C21H20FN3O. The average Bonchev–Trinajstić information content (AvgIpc) is 3.11. The van der Waals surface area contributed by atoms with Gasteiger partial charge in [0.1, 0.15) is 11.6 Å². The van der Waals surface area contributed by atoms with E-state index in [1.807, 2.05) is 26.0 Å². The molecule has 4 nitrogen and oxygen atoms in total. The van der Waals surface area contributed by atoms with Gasteiger partial charge >= 0.3 is 0 Å². The van der Waals surface area contributed by atoms with Crippen molar-refractivity contribution in [3.05, 3.63) is 71.1 Å². The molecule has 2 heterocycles. The van der Waals surface area contributed by atoms with Gasteiger partial charge in [0.25, 0.3) is 0 Å². The number of nitrogens with one attached hydrogen (secondary N) is 1. The Morgan fingerprint density at radius 1 is 1.04 bits per heavy atom. The summed E-state index contributed by atoms with van der Waals surface area (Å²) in [6.07, 6.45) is 1.52. The van der Waals surface area contributed by atoms with Crippen LogP contribution < -0.4 is 5.32 Å². The Kier molecular flexibility index (Phi) is 4.24. The maximum atomic E-state index is 14.0. The number of carbonyl (C=O) groups excluding carboxylic acids is 1. The minimum absolute atomic E-state index is 0.00641. The normalized spacial score (nSPS) is 19.8. The summed E-state index contributed by atoms with van der Waals surface area (Å²) in [6, 6.07) is 11.7. The minimum Gasteiger partial charge on any atom is -0.297 e. The molecule has 1 fully saturated rings. The number of Topliss-reactive ketones (excluding diaryl/α,β-unsaturated/α-hetero) is 1. The highest BCUT2D eigenvalue weighted by Gasteiger charge is 2.32. The van der Waals surface area contributed by atoms with E-state index < -0.39 is 0 Å². The van der Waals surface area contributed by atoms with Crippen LogP contribution in [0.25, 0.3) is 10.8 Å². The van der Waals surface area contributed by atoms with Crippen molar-refractivity contribution in [2.24, 2.45) is 0 Å². The molecule has 0 bridgehead atoms. The van der Waals surface area contributed by atoms with Crippen LogP contribution in [0.15, 0.2) is 42.5 Å². The quantitative estimate of drug-likeness (QED) is 0.725. The zero-order chi connectivity index (χ0) is 18.3. The molecule has 3 aromatic rings. The summed E-state index contributed by atoms with van der Waals surface area (Å²) in [6.45, 7) is 3.89. The second-order valence-corrected chi connectivity index (χ2v) is 6.86. The fourth-order valence-corrected chi connectivity index (χ4v) is 3.73. The fourth-order valence-electron chi connectivity index (χ4n) is 3.73. The lowest BCUT2D eigenvalue weighted by Gasteiger charge is -2.15. The van der Waals surface area contributed by atoms with Gasteiger partial charge in [-0.15, -0.1) is 0 Å². The van der Waals surface area contributed by atoms with Crippen molar-refractivity contribution >= 4 is 16.6 Å². The lowest BCUT2D eigenvalue weighted by atomic mass is 9.96. The summed E-state index contributed by atoms with van der Waals surface area (Å²) in [7, 11) is 0. The Balaban J connectivity index is 1.62. The molecule has 2 aromatic carbocycles. The predicted octanol–water partition coefficient (Wildman–Crippen LogP) is 4.06.